The normalized spacial score (nSPS) is 31.7. The predicted molar refractivity (Wildman–Crippen MR) is 114 cm³/mol. The van der Waals surface area contributed by atoms with Crippen molar-refractivity contribution < 1.29 is 14.3 Å². The van der Waals surface area contributed by atoms with Gasteiger partial charge in [-0.25, -0.2) is 4.39 Å². The SMILES string of the molecule is C[C@@H]1CN(C(=O)[C@@H]2CNC[C@H]2c2ccc(Cl)cn2)C[C@H](C)[C@@]1(O)c1ccc(F)cc1. The minimum Gasteiger partial charge on any atom is -0.384 e. The third-order valence-electron chi connectivity index (χ3n) is 6.77. The molecule has 2 N–H and O–H groups in total. The summed E-state index contributed by atoms with van der Waals surface area (Å²) in [7, 11) is 0. The Kier molecular flexibility index (Phi) is 5.84. The van der Waals surface area contributed by atoms with Crippen LogP contribution >= 0.6 is 11.6 Å². The van der Waals surface area contributed by atoms with Gasteiger partial charge >= 0.3 is 0 Å². The lowest BCUT2D eigenvalue weighted by Gasteiger charge is -2.48. The summed E-state index contributed by atoms with van der Waals surface area (Å²) in [5.74, 6) is -0.810. The van der Waals surface area contributed by atoms with E-state index in [0.717, 1.165) is 5.69 Å². The van der Waals surface area contributed by atoms with E-state index in [1.807, 2.05) is 24.8 Å². The van der Waals surface area contributed by atoms with Crippen LogP contribution < -0.4 is 5.32 Å². The third-order valence-corrected chi connectivity index (χ3v) is 6.99. The Balaban J connectivity index is 1.52. The number of aliphatic hydroxyl groups is 1. The van der Waals surface area contributed by atoms with Crippen LogP contribution in [0.5, 0.6) is 0 Å². The molecule has 30 heavy (non-hydrogen) atoms. The molecule has 0 spiro atoms. The van der Waals surface area contributed by atoms with Crippen molar-refractivity contribution in [3.8, 4) is 0 Å². The second-order valence-electron chi connectivity index (χ2n) is 8.65. The number of aromatic nitrogens is 1. The molecule has 1 aromatic heterocycles. The molecule has 0 aliphatic carbocycles. The highest BCUT2D eigenvalue weighted by atomic mass is 35.5. The number of nitrogens with one attached hydrogen (secondary N) is 1. The number of rotatable bonds is 3. The van der Waals surface area contributed by atoms with Gasteiger partial charge < -0.3 is 15.3 Å². The van der Waals surface area contributed by atoms with E-state index >= 15 is 0 Å². The number of carbonyl (C=O) groups excluding carboxylic acids is 1. The molecule has 4 rings (SSSR count). The van der Waals surface area contributed by atoms with Crippen molar-refractivity contribution in [1.82, 2.24) is 15.2 Å². The smallest absolute Gasteiger partial charge is 0.227 e. The number of hydrogen-bond donors (Lipinski definition) is 2. The molecule has 5 atom stereocenters. The van der Waals surface area contributed by atoms with Crippen molar-refractivity contribution in [2.45, 2.75) is 25.4 Å². The second-order valence-corrected chi connectivity index (χ2v) is 9.09. The third kappa shape index (κ3) is 3.72. The molecule has 0 saturated carbocycles. The first-order valence-corrected chi connectivity index (χ1v) is 10.8. The lowest BCUT2D eigenvalue weighted by Crippen LogP contribution is -2.57. The number of piperidine rings is 1. The van der Waals surface area contributed by atoms with Gasteiger partial charge in [0.2, 0.25) is 5.91 Å². The molecule has 5 nitrogen and oxygen atoms in total. The average molecular weight is 432 g/mol. The first-order chi connectivity index (χ1) is 14.3. The molecule has 1 amide bonds. The fourth-order valence-electron chi connectivity index (χ4n) is 5.06. The van der Waals surface area contributed by atoms with E-state index in [-0.39, 0.29) is 35.4 Å². The monoisotopic (exact) mass is 431 g/mol. The Morgan fingerprint density at radius 1 is 1.17 bits per heavy atom. The topological polar surface area (TPSA) is 65.5 Å². The fourth-order valence-corrected chi connectivity index (χ4v) is 5.17. The summed E-state index contributed by atoms with van der Waals surface area (Å²) < 4.78 is 13.4. The molecule has 2 fully saturated rings. The van der Waals surface area contributed by atoms with Gasteiger partial charge in [0.1, 0.15) is 5.82 Å². The van der Waals surface area contributed by atoms with Gasteiger partial charge in [-0.3, -0.25) is 9.78 Å². The zero-order valence-corrected chi connectivity index (χ0v) is 17.9. The predicted octanol–water partition coefficient (Wildman–Crippen LogP) is 3.18. The number of carbonyl (C=O) groups is 1. The Bertz CT molecular complexity index is 894. The number of amides is 1. The Labute approximate surface area is 181 Å². The quantitative estimate of drug-likeness (QED) is 0.783. The highest BCUT2D eigenvalue weighted by molar-refractivity contribution is 6.30. The van der Waals surface area contributed by atoms with Gasteiger partial charge in [-0.15, -0.1) is 0 Å². The molecular weight excluding hydrogens is 405 g/mol. The van der Waals surface area contributed by atoms with Crippen LogP contribution in [0.25, 0.3) is 0 Å². The summed E-state index contributed by atoms with van der Waals surface area (Å²) in [6.07, 6.45) is 1.62. The van der Waals surface area contributed by atoms with Crippen LogP contribution in [0.1, 0.15) is 31.0 Å². The molecule has 0 radical (unpaired) electrons. The number of nitrogens with zero attached hydrogens (tertiary/aromatic N) is 2. The minimum atomic E-state index is -1.10. The second kappa shape index (κ2) is 8.25. The van der Waals surface area contributed by atoms with Gasteiger partial charge in [-0.1, -0.05) is 37.6 Å². The number of halogens is 2. The van der Waals surface area contributed by atoms with Crippen molar-refractivity contribution in [2.24, 2.45) is 17.8 Å². The molecule has 2 aromatic rings. The van der Waals surface area contributed by atoms with Crippen molar-refractivity contribution in [3.63, 3.8) is 0 Å². The van der Waals surface area contributed by atoms with Gasteiger partial charge in [0, 0.05) is 55.8 Å². The van der Waals surface area contributed by atoms with Crippen LogP contribution in [0.15, 0.2) is 42.6 Å². The van der Waals surface area contributed by atoms with Gasteiger partial charge in [0.05, 0.1) is 16.5 Å². The van der Waals surface area contributed by atoms with Crippen molar-refractivity contribution in [3.05, 3.63) is 64.7 Å². The summed E-state index contributed by atoms with van der Waals surface area (Å²) in [5, 5.41) is 15.4. The molecule has 2 saturated heterocycles. The van der Waals surface area contributed by atoms with Gasteiger partial charge in [-0.2, -0.15) is 0 Å². The Morgan fingerprint density at radius 3 is 2.43 bits per heavy atom. The fraction of sp³-hybridized carbons (Fsp3) is 0.478. The number of pyridine rings is 1. The van der Waals surface area contributed by atoms with E-state index in [1.54, 1.807) is 24.4 Å². The van der Waals surface area contributed by atoms with Crippen LogP contribution in [-0.4, -0.2) is 47.1 Å². The van der Waals surface area contributed by atoms with Crippen LogP contribution in [-0.2, 0) is 10.4 Å². The number of benzene rings is 1. The van der Waals surface area contributed by atoms with Gasteiger partial charge in [-0.05, 0) is 29.8 Å². The molecule has 160 valence electrons. The molecule has 0 unspecified atom stereocenters. The lowest BCUT2D eigenvalue weighted by molar-refractivity contribution is -0.152. The Hall–Kier alpha value is -2.02. The van der Waals surface area contributed by atoms with E-state index in [1.165, 1.54) is 12.1 Å². The molecule has 7 heteroatoms. The zero-order valence-electron chi connectivity index (χ0n) is 17.2. The van der Waals surface area contributed by atoms with Crippen LogP contribution in [0.4, 0.5) is 4.39 Å². The molecule has 0 bridgehead atoms. The van der Waals surface area contributed by atoms with Gasteiger partial charge in [0.15, 0.2) is 0 Å². The highest BCUT2D eigenvalue weighted by Gasteiger charge is 2.48. The largest absolute Gasteiger partial charge is 0.384 e. The zero-order chi connectivity index (χ0) is 21.5. The maximum absolute atomic E-state index is 13.4. The van der Waals surface area contributed by atoms with E-state index < -0.39 is 5.60 Å². The molecule has 1 aromatic carbocycles. The minimum absolute atomic E-state index is 0.00159. The van der Waals surface area contributed by atoms with Crippen molar-refractivity contribution in [2.75, 3.05) is 26.2 Å². The van der Waals surface area contributed by atoms with Gasteiger partial charge in [0.25, 0.3) is 0 Å². The molecule has 2 aliphatic rings. The number of likely N-dealkylation sites (tertiary alicyclic amines) is 1. The summed E-state index contributed by atoms with van der Waals surface area (Å²) >= 11 is 5.96. The molecular formula is C23H27ClFN3O2. The maximum Gasteiger partial charge on any atom is 0.227 e. The van der Waals surface area contributed by atoms with E-state index in [4.69, 9.17) is 11.6 Å². The lowest BCUT2D eigenvalue weighted by atomic mass is 9.70. The maximum atomic E-state index is 13.4. The summed E-state index contributed by atoms with van der Waals surface area (Å²) in [5.41, 5.74) is 0.459. The first-order valence-electron chi connectivity index (χ1n) is 10.4. The Morgan fingerprint density at radius 2 is 1.83 bits per heavy atom. The standard InChI is InChI=1S/C23H27ClFN3O2/c1-14-12-28(13-15(2)23(14,30)16-3-6-18(25)7-4-16)22(29)20-11-26-10-19(20)21-8-5-17(24)9-27-21/h3-9,14-15,19-20,26,30H,10-13H2,1-2H3/t14-,15+,19-,20-,23-/m1/s1. The molecule has 3 heterocycles. The van der Waals surface area contributed by atoms with Crippen molar-refractivity contribution >= 4 is 17.5 Å². The van der Waals surface area contributed by atoms with Crippen LogP contribution in [0.3, 0.4) is 0 Å². The summed E-state index contributed by atoms with van der Waals surface area (Å²) in [4.78, 5) is 19.7. The average Bonchev–Trinajstić information content (AvgIpc) is 3.22. The van der Waals surface area contributed by atoms with E-state index in [2.05, 4.69) is 10.3 Å². The number of hydrogen-bond acceptors (Lipinski definition) is 4. The summed E-state index contributed by atoms with van der Waals surface area (Å²) in [6.45, 7) is 6.11. The molecule has 2 aliphatic heterocycles. The highest BCUT2D eigenvalue weighted by Crippen LogP contribution is 2.42. The summed E-state index contributed by atoms with van der Waals surface area (Å²) in [6, 6.07) is 9.72. The van der Waals surface area contributed by atoms with Crippen molar-refractivity contribution in [1.29, 1.82) is 0 Å². The first kappa shape index (κ1) is 21.2. The van der Waals surface area contributed by atoms with E-state index in [9.17, 15) is 14.3 Å². The van der Waals surface area contributed by atoms with Crippen LogP contribution in [0.2, 0.25) is 5.02 Å². The van der Waals surface area contributed by atoms with E-state index in [0.29, 0.717) is 36.8 Å². The van der Waals surface area contributed by atoms with Crippen LogP contribution in [0, 0.1) is 23.6 Å².